The highest BCUT2D eigenvalue weighted by molar-refractivity contribution is 7.90. The molecule has 0 aliphatic heterocycles. The van der Waals surface area contributed by atoms with Crippen molar-refractivity contribution >= 4 is 9.84 Å². The van der Waals surface area contributed by atoms with Crippen LogP contribution in [0.4, 0.5) is 0 Å². The van der Waals surface area contributed by atoms with Crippen LogP contribution in [0, 0.1) is 0 Å². The van der Waals surface area contributed by atoms with E-state index >= 15 is 0 Å². The van der Waals surface area contributed by atoms with Crippen LogP contribution in [0.5, 0.6) is 0 Å². The van der Waals surface area contributed by atoms with Crippen molar-refractivity contribution in [2.45, 2.75) is 43.5 Å². The first-order valence-electron chi connectivity index (χ1n) is 7.24. The highest BCUT2D eigenvalue weighted by Crippen LogP contribution is 2.30. The summed E-state index contributed by atoms with van der Waals surface area (Å²) in [6.07, 6.45) is 8.27. The van der Waals surface area contributed by atoms with E-state index < -0.39 is 9.84 Å². The number of rotatable bonds is 5. The Kier molecular flexibility index (Phi) is 5.00. The molecule has 1 aromatic rings. The molecule has 1 aliphatic carbocycles. The lowest BCUT2D eigenvalue weighted by atomic mass is 9.90. The second-order valence-corrected chi connectivity index (χ2v) is 7.38. The Hall–Kier alpha value is -1.13. The second-order valence-electron chi connectivity index (χ2n) is 5.36. The van der Waals surface area contributed by atoms with E-state index in [9.17, 15) is 8.42 Å². The predicted octanol–water partition coefficient (Wildman–Crippen LogP) is 3.24. The standard InChI is InChI=1S/C16H23NO2S/c1-3-17-16(13-8-5-4-6-9-13)14-10-7-11-15(12-14)20(2,18)19/h7-8,10-12,16-17H,3-6,9H2,1-2H3. The number of likely N-dealkylation sites (N-methyl/N-ethyl adjacent to an activating group) is 1. The van der Waals surface area contributed by atoms with Gasteiger partial charge in [0.05, 0.1) is 10.9 Å². The molecular weight excluding hydrogens is 270 g/mol. The van der Waals surface area contributed by atoms with Crippen LogP contribution < -0.4 is 5.32 Å². The van der Waals surface area contributed by atoms with E-state index in [-0.39, 0.29) is 6.04 Å². The first-order valence-corrected chi connectivity index (χ1v) is 9.14. The lowest BCUT2D eigenvalue weighted by Gasteiger charge is -2.25. The molecule has 1 aromatic carbocycles. The van der Waals surface area contributed by atoms with Gasteiger partial charge in [0.25, 0.3) is 0 Å². The van der Waals surface area contributed by atoms with Gasteiger partial charge in [-0.2, -0.15) is 0 Å². The zero-order valence-corrected chi connectivity index (χ0v) is 13.0. The molecule has 0 fully saturated rings. The summed E-state index contributed by atoms with van der Waals surface area (Å²) < 4.78 is 23.4. The van der Waals surface area contributed by atoms with E-state index in [0.29, 0.717) is 4.90 Å². The van der Waals surface area contributed by atoms with Crippen LogP contribution in [0.1, 0.15) is 44.2 Å². The average Bonchev–Trinajstić information content (AvgIpc) is 2.45. The Morgan fingerprint density at radius 1 is 1.30 bits per heavy atom. The maximum absolute atomic E-state index is 11.7. The van der Waals surface area contributed by atoms with Crippen LogP contribution in [-0.2, 0) is 9.84 Å². The molecule has 0 amide bonds. The van der Waals surface area contributed by atoms with Crippen molar-refractivity contribution < 1.29 is 8.42 Å². The molecule has 0 bridgehead atoms. The summed E-state index contributed by atoms with van der Waals surface area (Å²) in [6, 6.07) is 7.45. The Morgan fingerprint density at radius 2 is 2.10 bits per heavy atom. The third-order valence-electron chi connectivity index (χ3n) is 3.72. The van der Waals surface area contributed by atoms with Gasteiger partial charge in [0.15, 0.2) is 9.84 Å². The minimum Gasteiger partial charge on any atom is -0.307 e. The van der Waals surface area contributed by atoms with Gasteiger partial charge in [-0.25, -0.2) is 8.42 Å². The van der Waals surface area contributed by atoms with Crippen molar-refractivity contribution in [2.24, 2.45) is 0 Å². The number of hydrogen-bond acceptors (Lipinski definition) is 3. The maximum atomic E-state index is 11.7. The average molecular weight is 293 g/mol. The van der Waals surface area contributed by atoms with Crippen molar-refractivity contribution in [3.63, 3.8) is 0 Å². The van der Waals surface area contributed by atoms with E-state index in [4.69, 9.17) is 0 Å². The summed E-state index contributed by atoms with van der Waals surface area (Å²) in [4.78, 5) is 0.398. The summed E-state index contributed by atoms with van der Waals surface area (Å²) in [5.74, 6) is 0. The number of benzene rings is 1. The number of nitrogens with one attached hydrogen (secondary N) is 1. The van der Waals surface area contributed by atoms with Gasteiger partial charge in [0.2, 0.25) is 0 Å². The SMILES string of the molecule is CCNC(C1=CCCCC1)c1cccc(S(C)(=O)=O)c1. The lowest BCUT2D eigenvalue weighted by Crippen LogP contribution is -2.24. The molecule has 0 aromatic heterocycles. The van der Waals surface area contributed by atoms with Gasteiger partial charge in [0, 0.05) is 6.26 Å². The Labute approximate surface area is 122 Å². The van der Waals surface area contributed by atoms with Gasteiger partial charge in [-0.3, -0.25) is 0 Å². The zero-order chi connectivity index (χ0) is 14.6. The predicted molar refractivity (Wildman–Crippen MR) is 82.5 cm³/mol. The monoisotopic (exact) mass is 293 g/mol. The Bertz CT molecular complexity index is 590. The molecule has 110 valence electrons. The molecule has 3 nitrogen and oxygen atoms in total. The number of allylic oxidation sites excluding steroid dienone is 1. The van der Waals surface area contributed by atoms with Gasteiger partial charge in [0.1, 0.15) is 0 Å². The molecule has 1 aliphatic rings. The lowest BCUT2D eigenvalue weighted by molar-refractivity contribution is 0.562. The van der Waals surface area contributed by atoms with Crippen LogP contribution >= 0.6 is 0 Å². The molecule has 1 unspecified atom stereocenters. The first kappa shape index (κ1) is 15.3. The minimum atomic E-state index is -3.15. The van der Waals surface area contributed by atoms with E-state index in [2.05, 4.69) is 18.3 Å². The summed E-state index contributed by atoms with van der Waals surface area (Å²) >= 11 is 0. The van der Waals surface area contributed by atoms with Crippen molar-refractivity contribution in [2.75, 3.05) is 12.8 Å². The highest BCUT2D eigenvalue weighted by atomic mass is 32.2. The molecule has 0 saturated heterocycles. The number of sulfone groups is 1. The zero-order valence-electron chi connectivity index (χ0n) is 12.2. The van der Waals surface area contributed by atoms with Crippen LogP contribution in [0.15, 0.2) is 40.8 Å². The smallest absolute Gasteiger partial charge is 0.175 e. The fourth-order valence-corrected chi connectivity index (χ4v) is 3.39. The maximum Gasteiger partial charge on any atom is 0.175 e. The topological polar surface area (TPSA) is 46.2 Å². The van der Waals surface area contributed by atoms with Crippen molar-refractivity contribution in [3.05, 3.63) is 41.5 Å². The molecule has 1 N–H and O–H groups in total. The van der Waals surface area contributed by atoms with Gasteiger partial charge >= 0.3 is 0 Å². The minimum absolute atomic E-state index is 0.141. The molecule has 20 heavy (non-hydrogen) atoms. The fraction of sp³-hybridized carbons (Fsp3) is 0.500. The summed E-state index contributed by atoms with van der Waals surface area (Å²) in [7, 11) is -3.15. The molecule has 4 heteroatoms. The number of hydrogen-bond donors (Lipinski definition) is 1. The Morgan fingerprint density at radius 3 is 2.70 bits per heavy atom. The summed E-state index contributed by atoms with van der Waals surface area (Å²) in [5.41, 5.74) is 2.44. The molecule has 0 saturated carbocycles. The van der Waals surface area contributed by atoms with E-state index in [1.54, 1.807) is 12.1 Å². The van der Waals surface area contributed by atoms with E-state index in [1.165, 1.54) is 24.7 Å². The first-order chi connectivity index (χ1) is 9.52. The summed E-state index contributed by atoms with van der Waals surface area (Å²) in [6.45, 7) is 2.95. The van der Waals surface area contributed by atoms with Gasteiger partial charge in [-0.1, -0.05) is 30.7 Å². The molecule has 2 rings (SSSR count). The quantitative estimate of drug-likeness (QED) is 0.848. The van der Waals surface area contributed by atoms with Gasteiger partial charge < -0.3 is 5.32 Å². The molecular formula is C16H23NO2S. The van der Waals surface area contributed by atoms with Crippen molar-refractivity contribution in [3.8, 4) is 0 Å². The van der Waals surface area contributed by atoms with Crippen LogP contribution in [0.3, 0.4) is 0 Å². The molecule has 0 spiro atoms. The fourth-order valence-electron chi connectivity index (χ4n) is 2.72. The molecule has 0 heterocycles. The third-order valence-corrected chi connectivity index (χ3v) is 4.83. The van der Waals surface area contributed by atoms with Crippen LogP contribution in [-0.4, -0.2) is 21.2 Å². The largest absolute Gasteiger partial charge is 0.307 e. The third kappa shape index (κ3) is 3.70. The van der Waals surface area contributed by atoms with Crippen molar-refractivity contribution in [1.82, 2.24) is 5.32 Å². The summed E-state index contributed by atoms with van der Waals surface area (Å²) in [5, 5.41) is 3.48. The van der Waals surface area contributed by atoms with E-state index in [1.807, 2.05) is 12.1 Å². The second kappa shape index (κ2) is 6.55. The van der Waals surface area contributed by atoms with E-state index in [0.717, 1.165) is 24.9 Å². The highest BCUT2D eigenvalue weighted by Gasteiger charge is 2.18. The van der Waals surface area contributed by atoms with Crippen LogP contribution in [0.2, 0.25) is 0 Å². The van der Waals surface area contributed by atoms with Gasteiger partial charge in [-0.15, -0.1) is 0 Å². The van der Waals surface area contributed by atoms with Crippen molar-refractivity contribution in [1.29, 1.82) is 0 Å². The molecule has 0 radical (unpaired) electrons. The molecule has 1 atom stereocenters. The normalized spacial score (nSPS) is 17.6. The van der Waals surface area contributed by atoms with Gasteiger partial charge in [-0.05, 0) is 49.9 Å². The Balaban J connectivity index is 2.36. The van der Waals surface area contributed by atoms with Crippen LogP contribution in [0.25, 0.3) is 0 Å².